The first-order valence-electron chi connectivity index (χ1n) is 6.65. The van der Waals surface area contributed by atoms with E-state index in [9.17, 15) is 0 Å². The zero-order chi connectivity index (χ0) is 13.2. The lowest BCUT2D eigenvalue weighted by Gasteiger charge is -2.17. The zero-order valence-electron chi connectivity index (χ0n) is 11.1. The largest absolute Gasteiger partial charge is 0.329 e. The number of imidazole rings is 1. The summed E-state index contributed by atoms with van der Waals surface area (Å²) < 4.78 is 2.01. The molecule has 0 saturated heterocycles. The zero-order valence-corrected chi connectivity index (χ0v) is 11.9. The molecular formula is C14H18N4S. The Morgan fingerprint density at radius 2 is 2.21 bits per heavy atom. The van der Waals surface area contributed by atoms with Gasteiger partial charge in [0.25, 0.3) is 0 Å². The Labute approximate surface area is 117 Å². The van der Waals surface area contributed by atoms with Gasteiger partial charge in [0.05, 0.1) is 0 Å². The summed E-state index contributed by atoms with van der Waals surface area (Å²) in [5.41, 5.74) is 9.64. The Balaban J connectivity index is 1.97. The molecule has 2 aromatic heterocycles. The Bertz CT molecular complexity index is 591. The van der Waals surface area contributed by atoms with Gasteiger partial charge in [0.15, 0.2) is 5.16 Å². The molecule has 4 nitrogen and oxygen atoms in total. The molecular weight excluding hydrogens is 256 g/mol. The number of aryl methyl sites for hydroxylation is 3. The predicted octanol–water partition coefficient (Wildman–Crippen LogP) is 2.30. The summed E-state index contributed by atoms with van der Waals surface area (Å²) in [6, 6.07) is 2.24. The summed E-state index contributed by atoms with van der Waals surface area (Å²) in [5.74, 6) is 0. The SMILES string of the molecule is Cn1ccnc1Sc1nc2c(cc1CN)CCCC2. The third-order valence-electron chi connectivity index (χ3n) is 3.52. The van der Waals surface area contributed by atoms with E-state index in [1.165, 1.54) is 24.1 Å². The van der Waals surface area contributed by atoms with Crippen LogP contribution in [0.3, 0.4) is 0 Å². The maximum Gasteiger partial charge on any atom is 0.174 e. The second-order valence-electron chi connectivity index (χ2n) is 4.89. The molecule has 0 fully saturated rings. The fourth-order valence-corrected chi connectivity index (χ4v) is 3.35. The van der Waals surface area contributed by atoms with Gasteiger partial charge in [0.2, 0.25) is 0 Å². The van der Waals surface area contributed by atoms with Crippen LogP contribution in [-0.4, -0.2) is 14.5 Å². The molecule has 3 rings (SSSR count). The highest BCUT2D eigenvalue weighted by atomic mass is 32.2. The van der Waals surface area contributed by atoms with Gasteiger partial charge in [0.1, 0.15) is 5.03 Å². The van der Waals surface area contributed by atoms with E-state index < -0.39 is 0 Å². The summed E-state index contributed by atoms with van der Waals surface area (Å²) in [5, 5.41) is 1.97. The van der Waals surface area contributed by atoms with Gasteiger partial charge < -0.3 is 10.3 Å². The molecule has 2 heterocycles. The van der Waals surface area contributed by atoms with Crippen LogP contribution < -0.4 is 5.73 Å². The topological polar surface area (TPSA) is 56.7 Å². The van der Waals surface area contributed by atoms with E-state index in [0.29, 0.717) is 6.54 Å². The molecule has 0 aliphatic heterocycles. The molecule has 0 spiro atoms. The molecule has 1 aliphatic carbocycles. The third-order valence-corrected chi connectivity index (χ3v) is 4.65. The molecule has 0 unspecified atom stereocenters. The molecule has 0 amide bonds. The highest BCUT2D eigenvalue weighted by Gasteiger charge is 2.16. The summed E-state index contributed by atoms with van der Waals surface area (Å²) in [6.07, 6.45) is 8.50. The number of nitrogens with two attached hydrogens (primary N) is 1. The maximum atomic E-state index is 5.87. The van der Waals surface area contributed by atoms with Gasteiger partial charge in [-0.1, -0.05) is 6.07 Å². The Hall–Kier alpha value is -1.33. The number of fused-ring (bicyclic) bond motifs is 1. The van der Waals surface area contributed by atoms with Gasteiger partial charge in [-0.15, -0.1) is 0 Å². The molecule has 5 heteroatoms. The molecule has 0 aromatic carbocycles. The van der Waals surface area contributed by atoms with Crippen molar-refractivity contribution in [3.8, 4) is 0 Å². The van der Waals surface area contributed by atoms with E-state index in [0.717, 1.165) is 28.6 Å². The second-order valence-corrected chi connectivity index (χ2v) is 5.85. The Morgan fingerprint density at radius 1 is 1.37 bits per heavy atom. The van der Waals surface area contributed by atoms with Gasteiger partial charge in [-0.3, -0.25) is 0 Å². The summed E-state index contributed by atoms with van der Waals surface area (Å²) in [7, 11) is 2.00. The Kier molecular flexibility index (Phi) is 3.57. The van der Waals surface area contributed by atoms with Crippen LogP contribution in [0.4, 0.5) is 0 Å². The van der Waals surface area contributed by atoms with Crippen molar-refractivity contribution in [2.24, 2.45) is 12.8 Å². The summed E-state index contributed by atoms with van der Waals surface area (Å²) >= 11 is 1.61. The van der Waals surface area contributed by atoms with Crippen LogP contribution >= 0.6 is 11.8 Å². The van der Waals surface area contributed by atoms with Crippen molar-refractivity contribution in [3.05, 3.63) is 35.3 Å². The van der Waals surface area contributed by atoms with Gasteiger partial charge >= 0.3 is 0 Å². The van der Waals surface area contributed by atoms with Crippen LogP contribution in [0.15, 0.2) is 28.6 Å². The fourth-order valence-electron chi connectivity index (χ4n) is 2.43. The second kappa shape index (κ2) is 5.35. The van der Waals surface area contributed by atoms with Crippen molar-refractivity contribution in [2.75, 3.05) is 0 Å². The Morgan fingerprint density at radius 3 is 2.95 bits per heavy atom. The van der Waals surface area contributed by atoms with E-state index >= 15 is 0 Å². The lowest BCUT2D eigenvalue weighted by molar-refractivity contribution is 0.656. The van der Waals surface area contributed by atoms with Crippen LogP contribution in [0.1, 0.15) is 29.7 Å². The number of hydrogen-bond acceptors (Lipinski definition) is 4. The molecule has 0 radical (unpaired) electrons. The number of nitrogens with zero attached hydrogens (tertiary/aromatic N) is 3. The minimum Gasteiger partial charge on any atom is -0.329 e. The van der Waals surface area contributed by atoms with Crippen molar-refractivity contribution >= 4 is 11.8 Å². The average molecular weight is 274 g/mol. The van der Waals surface area contributed by atoms with Gasteiger partial charge in [0, 0.05) is 31.7 Å². The first-order chi connectivity index (χ1) is 9.28. The summed E-state index contributed by atoms with van der Waals surface area (Å²) in [4.78, 5) is 9.17. The number of aromatic nitrogens is 3. The van der Waals surface area contributed by atoms with Crippen LogP contribution in [0, 0.1) is 0 Å². The molecule has 0 bridgehead atoms. The van der Waals surface area contributed by atoms with E-state index in [2.05, 4.69) is 11.1 Å². The first-order valence-corrected chi connectivity index (χ1v) is 7.46. The van der Waals surface area contributed by atoms with E-state index in [1.54, 1.807) is 11.8 Å². The maximum absolute atomic E-state index is 5.87. The number of hydrogen-bond donors (Lipinski definition) is 1. The van der Waals surface area contributed by atoms with E-state index in [1.807, 2.05) is 24.0 Å². The molecule has 0 atom stereocenters. The minimum absolute atomic E-state index is 0.535. The normalized spacial score (nSPS) is 14.4. The quantitative estimate of drug-likeness (QED) is 0.933. The average Bonchev–Trinajstić information content (AvgIpc) is 2.83. The monoisotopic (exact) mass is 274 g/mol. The highest BCUT2D eigenvalue weighted by Crippen LogP contribution is 2.31. The number of pyridine rings is 1. The van der Waals surface area contributed by atoms with Crippen LogP contribution in [0.2, 0.25) is 0 Å². The highest BCUT2D eigenvalue weighted by molar-refractivity contribution is 7.99. The van der Waals surface area contributed by atoms with Crippen LogP contribution in [-0.2, 0) is 26.4 Å². The van der Waals surface area contributed by atoms with Crippen molar-refractivity contribution < 1.29 is 0 Å². The first kappa shape index (κ1) is 12.7. The van der Waals surface area contributed by atoms with Crippen molar-refractivity contribution in [1.82, 2.24) is 14.5 Å². The van der Waals surface area contributed by atoms with Crippen LogP contribution in [0.5, 0.6) is 0 Å². The smallest absolute Gasteiger partial charge is 0.174 e. The van der Waals surface area contributed by atoms with Gasteiger partial charge in [-0.2, -0.15) is 0 Å². The fraction of sp³-hybridized carbons (Fsp3) is 0.429. The molecule has 2 N–H and O–H groups in total. The third kappa shape index (κ3) is 2.53. The molecule has 1 aliphatic rings. The van der Waals surface area contributed by atoms with Gasteiger partial charge in [-0.05, 0) is 48.6 Å². The molecule has 2 aromatic rings. The van der Waals surface area contributed by atoms with Crippen molar-refractivity contribution in [1.29, 1.82) is 0 Å². The predicted molar refractivity (Wildman–Crippen MR) is 76.1 cm³/mol. The van der Waals surface area contributed by atoms with E-state index in [-0.39, 0.29) is 0 Å². The molecule has 19 heavy (non-hydrogen) atoms. The standard InChI is InChI=1S/C14H18N4S/c1-18-7-6-16-14(18)19-13-11(9-15)8-10-4-2-3-5-12(10)17-13/h6-8H,2-5,9,15H2,1H3. The van der Waals surface area contributed by atoms with E-state index in [4.69, 9.17) is 10.7 Å². The van der Waals surface area contributed by atoms with Gasteiger partial charge in [-0.25, -0.2) is 9.97 Å². The number of rotatable bonds is 3. The minimum atomic E-state index is 0.535. The molecule has 0 saturated carbocycles. The van der Waals surface area contributed by atoms with Crippen LogP contribution in [0.25, 0.3) is 0 Å². The van der Waals surface area contributed by atoms with Crippen molar-refractivity contribution in [3.63, 3.8) is 0 Å². The molecule has 100 valence electrons. The summed E-state index contributed by atoms with van der Waals surface area (Å²) in [6.45, 7) is 0.535. The van der Waals surface area contributed by atoms with Crippen molar-refractivity contribution in [2.45, 2.75) is 42.4 Å². The lowest BCUT2D eigenvalue weighted by atomic mass is 9.95. The lowest BCUT2D eigenvalue weighted by Crippen LogP contribution is -2.10.